The van der Waals surface area contributed by atoms with Crippen LogP contribution in [0.2, 0.25) is 0 Å². The van der Waals surface area contributed by atoms with Gasteiger partial charge in [-0.1, -0.05) is 0 Å². The zero-order chi connectivity index (χ0) is 11.5. The Balaban J connectivity index is 1.87. The highest BCUT2D eigenvalue weighted by atomic mass is 32.2. The molecule has 92 valence electrons. The molecule has 2 aliphatic rings. The molecule has 0 aromatic carbocycles. The number of amides is 1. The summed E-state index contributed by atoms with van der Waals surface area (Å²) in [7, 11) is 0. The van der Waals surface area contributed by atoms with Crippen LogP contribution < -0.4 is 5.73 Å². The van der Waals surface area contributed by atoms with E-state index in [0.717, 1.165) is 11.8 Å². The van der Waals surface area contributed by atoms with E-state index in [9.17, 15) is 4.79 Å². The molecule has 1 saturated carbocycles. The molecule has 1 amide bonds. The summed E-state index contributed by atoms with van der Waals surface area (Å²) in [6.45, 7) is 1.56. The molecule has 1 saturated heterocycles. The van der Waals surface area contributed by atoms with Crippen molar-refractivity contribution in [3.05, 3.63) is 0 Å². The Morgan fingerprint density at radius 2 is 2.06 bits per heavy atom. The molecule has 0 radical (unpaired) electrons. The first-order valence-corrected chi connectivity index (χ1v) is 7.55. The van der Waals surface area contributed by atoms with Crippen LogP contribution in [0.25, 0.3) is 0 Å². The number of nitrogens with two attached hydrogens (primary N) is 1. The summed E-state index contributed by atoms with van der Waals surface area (Å²) in [6.07, 6.45) is 7.78. The lowest BCUT2D eigenvalue weighted by Gasteiger charge is -2.34. The number of nitrogens with zero attached hydrogens (tertiary/aromatic N) is 1. The Morgan fingerprint density at radius 3 is 2.56 bits per heavy atom. The van der Waals surface area contributed by atoms with Gasteiger partial charge in [-0.3, -0.25) is 4.79 Å². The standard InChI is InChI=1S/C12H22N2OS/c1-16-11-4-2-10(3-5-11)14-8-9(7-13)6-12(14)15/h9-11H,2-8,13H2,1H3. The first kappa shape index (κ1) is 12.2. The van der Waals surface area contributed by atoms with E-state index in [4.69, 9.17) is 5.73 Å². The Labute approximate surface area is 102 Å². The van der Waals surface area contributed by atoms with Crippen molar-refractivity contribution < 1.29 is 4.79 Å². The average Bonchev–Trinajstić information content (AvgIpc) is 2.71. The zero-order valence-corrected chi connectivity index (χ0v) is 10.8. The lowest BCUT2D eigenvalue weighted by atomic mass is 9.94. The van der Waals surface area contributed by atoms with Crippen LogP contribution in [-0.2, 0) is 4.79 Å². The highest BCUT2D eigenvalue weighted by Crippen LogP contribution is 2.32. The minimum atomic E-state index is 0.336. The molecular weight excluding hydrogens is 220 g/mol. The predicted molar refractivity (Wildman–Crippen MR) is 68.4 cm³/mol. The maximum Gasteiger partial charge on any atom is 0.223 e. The van der Waals surface area contributed by atoms with Crippen LogP contribution in [0.1, 0.15) is 32.1 Å². The van der Waals surface area contributed by atoms with E-state index in [-0.39, 0.29) is 0 Å². The molecular formula is C12H22N2OS. The van der Waals surface area contributed by atoms with Gasteiger partial charge in [0.2, 0.25) is 5.91 Å². The molecule has 0 spiro atoms. The van der Waals surface area contributed by atoms with E-state index in [1.54, 1.807) is 0 Å². The molecule has 4 heteroatoms. The van der Waals surface area contributed by atoms with Crippen molar-refractivity contribution in [2.24, 2.45) is 11.7 Å². The quantitative estimate of drug-likeness (QED) is 0.815. The Kier molecular flexibility index (Phi) is 4.14. The molecule has 2 rings (SSSR count). The molecule has 2 N–H and O–H groups in total. The van der Waals surface area contributed by atoms with Gasteiger partial charge in [0, 0.05) is 24.3 Å². The van der Waals surface area contributed by atoms with Crippen molar-refractivity contribution >= 4 is 17.7 Å². The molecule has 1 aliphatic carbocycles. The lowest BCUT2D eigenvalue weighted by Crippen LogP contribution is -2.39. The van der Waals surface area contributed by atoms with E-state index < -0.39 is 0 Å². The van der Waals surface area contributed by atoms with Gasteiger partial charge in [-0.05, 0) is 44.4 Å². The number of hydrogen-bond donors (Lipinski definition) is 1. The first-order valence-electron chi connectivity index (χ1n) is 6.27. The van der Waals surface area contributed by atoms with Crippen LogP contribution in [-0.4, -0.2) is 41.4 Å². The minimum absolute atomic E-state index is 0.336. The number of thioether (sulfide) groups is 1. The summed E-state index contributed by atoms with van der Waals surface area (Å²) in [5.74, 6) is 0.744. The summed E-state index contributed by atoms with van der Waals surface area (Å²) >= 11 is 1.97. The molecule has 0 aromatic rings. The van der Waals surface area contributed by atoms with Gasteiger partial charge in [-0.2, -0.15) is 11.8 Å². The monoisotopic (exact) mass is 242 g/mol. The fraction of sp³-hybridized carbons (Fsp3) is 0.917. The normalized spacial score (nSPS) is 35.8. The van der Waals surface area contributed by atoms with Crippen LogP contribution >= 0.6 is 11.8 Å². The van der Waals surface area contributed by atoms with Gasteiger partial charge in [0.1, 0.15) is 0 Å². The van der Waals surface area contributed by atoms with Crippen molar-refractivity contribution in [3.8, 4) is 0 Å². The van der Waals surface area contributed by atoms with Crippen molar-refractivity contribution in [3.63, 3.8) is 0 Å². The van der Waals surface area contributed by atoms with Crippen LogP contribution in [0.15, 0.2) is 0 Å². The third kappa shape index (κ3) is 2.54. The Morgan fingerprint density at radius 1 is 1.38 bits per heavy atom. The third-order valence-electron chi connectivity index (χ3n) is 3.99. The average molecular weight is 242 g/mol. The summed E-state index contributed by atoms with van der Waals surface area (Å²) in [4.78, 5) is 14.0. The maximum absolute atomic E-state index is 11.9. The molecule has 0 aromatic heterocycles. The van der Waals surface area contributed by atoms with Crippen molar-refractivity contribution in [1.82, 2.24) is 4.90 Å². The molecule has 0 bridgehead atoms. The number of carbonyl (C=O) groups excluding carboxylic acids is 1. The number of hydrogen-bond acceptors (Lipinski definition) is 3. The lowest BCUT2D eigenvalue weighted by molar-refractivity contribution is -0.130. The summed E-state index contributed by atoms with van der Waals surface area (Å²) in [5.41, 5.74) is 5.65. The van der Waals surface area contributed by atoms with Gasteiger partial charge in [0.25, 0.3) is 0 Å². The highest BCUT2D eigenvalue weighted by molar-refractivity contribution is 7.99. The third-order valence-corrected chi connectivity index (χ3v) is 5.13. The number of rotatable bonds is 3. The largest absolute Gasteiger partial charge is 0.339 e. The molecule has 3 nitrogen and oxygen atoms in total. The van der Waals surface area contributed by atoms with E-state index in [0.29, 0.717) is 30.8 Å². The van der Waals surface area contributed by atoms with E-state index >= 15 is 0 Å². The van der Waals surface area contributed by atoms with E-state index in [2.05, 4.69) is 11.2 Å². The summed E-state index contributed by atoms with van der Waals surface area (Å²) in [5, 5.41) is 0.819. The predicted octanol–water partition coefficient (Wildman–Crippen LogP) is 1.47. The molecule has 1 heterocycles. The van der Waals surface area contributed by atoms with Crippen molar-refractivity contribution in [1.29, 1.82) is 0 Å². The van der Waals surface area contributed by atoms with Gasteiger partial charge >= 0.3 is 0 Å². The molecule has 16 heavy (non-hydrogen) atoms. The second-order valence-electron chi connectivity index (χ2n) is 5.02. The molecule has 1 unspecified atom stereocenters. The summed E-state index contributed by atoms with van der Waals surface area (Å²) < 4.78 is 0. The Bertz CT molecular complexity index is 251. The van der Waals surface area contributed by atoms with Crippen molar-refractivity contribution in [2.45, 2.75) is 43.4 Å². The smallest absolute Gasteiger partial charge is 0.223 e. The van der Waals surface area contributed by atoms with Crippen LogP contribution in [0.4, 0.5) is 0 Å². The second kappa shape index (κ2) is 5.41. The van der Waals surface area contributed by atoms with E-state index in [1.807, 2.05) is 11.8 Å². The topological polar surface area (TPSA) is 46.3 Å². The fourth-order valence-corrected chi connectivity index (χ4v) is 3.66. The van der Waals surface area contributed by atoms with Gasteiger partial charge in [-0.25, -0.2) is 0 Å². The van der Waals surface area contributed by atoms with Gasteiger partial charge < -0.3 is 10.6 Å². The zero-order valence-electron chi connectivity index (χ0n) is 10.0. The fourth-order valence-electron chi connectivity index (χ4n) is 2.91. The van der Waals surface area contributed by atoms with Crippen LogP contribution in [0, 0.1) is 5.92 Å². The first-order chi connectivity index (χ1) is 7.74. The van der Waals surface area contributed by atoms with Gasteiger partial charge in [-0.15, -0.1) is 0 Å². The summed E-state index contributed by atoms with van der Waals surface area (Å²) in [6, 6.07) is 0.507. The second-order valence-corrected chi connectivity index (χ2v) is 6.16. The molecule has 2 fully saturated rings. The SMILES string of the molecule is CSC1CCC(N2CC(CN)CC2=O)CC1. The Hall–Kier alpha value is -0.220. The minimum Gasteiger partial charge on any atom is -0.339 e. The number of likely N-dealkylation sites (tertiary alicyclic amines) is 1. The van der Waals surface area contributed by atoms with Crippen LogP contribution in [0.5, 0.6) is 0 Å². The van der Waals surface area contributed by atoms with Gasteiger partial charge in [0.15, 0.2) is 0 Å². The maximum atomic E-state index is 11.9. The van der Waals surface area contributed by atoms with Crippen LogP contribution in [0.3, 0.4) is 0 Å². The molecule has 1 atom stereocenters. The van der Waals surface area contributed by atoms with Gasteiger partial charge in [0.05, 0.1) is 0 Å². The van der Waals surface area contributed by atoms with Crippen molar-refractivity contribution in [2.75, 3.05) is 19.3 Å². The number of carbonyl (C=O) groups is 1. The van der Waals surface area contributed by atoms with E-state index in [1.165, 1.54) is 25.7 Å². The highest BCUT2D eigenvalue weighted by Gasteiger charge is 2.35. The molecule has 1 aliphatic heterocycles.